The molecule has 3 atom stereocenters. The van der Waals surface area contributed by atoms with Gasteiger partial charge in [0.25, 0.3) is 0 Å². The highest BCUT2D eigenvalue weighted by molar-refractivity contribution is 5.65. The largest absolute Gasteiger partial charge is 0.391 e. The Morgan fingerprint density at radius 3 is 2.50 bits per heavy atom. The number of nitrogens with one attached hydrogen (secondary N) is 1. The van der Waals surface area contributed by atoms with Crippen LogP contribution in [0.25, 0.3) is 11.3 Å². The Labute approximate surface area is 205 Å². The highest BCUT2D eigenvalue weighted by Gasteiger charge is 2.42. The second-order valence-electron chi connectivity index (χ2n) is 12.1. The number of benzene rings is 1. The molecule has 3 heterocycles. The highest BCUT2D eigenvalue weighted by atomic mass is 16.3. The van der Waals surface area contributed by atoms with Gasteiger partial charge < -0.3 is 15.3 Å². The van der Waals surface area contributed by atoms with Crippen LogP contribution in [0.3, 0.4) is 0 Å². The lowest BCUT2D eigenvalue weighted by Gasteiger charge is -2.46. The summed E-state index contributed by atoms with van der Waals surface area (Å²) in [6, 6.07) is 13.7. The lowest BCUT2D eigenvalue weighted by atomic mass is 9.58. The third-order valence-electron chi connectivity index (χ3n) is 8.98. The zero-order valence-corrected chi connectivity index (χ0v) is 21.6. The second-order valence-corrected chi connectivity index (χ2v) is 12.1. The molecule has 0 amide bonds. The van der Waals surface area contributed by atoms with Crippen molar-refractivity contribution in [3.05, 3.63) is 47.5 Å². The molecule has 0 spiro atoms. The van der Waals surface area contributed by atoms with E-state index in [4.69, 9.17) is 4.98 Å². The molecule has 1 unspecified atom stereocenters. The van der Waals surface area contributed by atoms with Gasteiger partial charge in [-0.25, -0.2) is 4.98 Å². The summed E-state index contributed by atoms with van der Waals surface area (Å²) in [5.74, 6) is 1.71. The average molecular weight is 463 g/mol. The van der Waals surface area contributed by atoms with Crippen molar-refractivity contribution in [2.75, 3.05) is 44.2 Å². The zero-order chi connectivity index (χ0) is 24.1. The van der Waals surface area contributed by atoms with E-state index in [2.05, 4.69) is 86.1 Å². The molecular weight excluding hydrogens is 420 g/mol. The van der Waals surface area contributed by atoms with Gasteiger partial charge in [-0.3, -0.25) is 4.90 Å². The van der Waals surface area contributed by atoms with E-state index in [0.29, 0.717) is 5.92 Å². The van der Waals surface area contributed by atoms with Gasteiger partial charge in [-0.1, -0.05) is 52.8 Å². The Balaban J connectivity index is 1.33. The van der Waals surface area contributed by atoms with E-state index < -0.39 is 0 Å². The zero-order valence-electron chi connectivity index (χ0n) is 21.6. The van der Waals surface area contributed by atoms with Crippen molar-refractivity contribution in [1.29, 1.82) is 0 Å². The van der Waals surface area contributed by atoms with Crippen molar-refractivity contribution < 1.29 is 5.11 Å². The van der Waals surface area contributed by atoms with Gasteiger partial charge in [0.05, 0.1) is 11.8 Å². The molecule has 184 valence electrons. The van der Waals surface area contributed by atoms with Gasteiger partial charge in [0.2, 0.25) is 0 Å². The molecule has 34 heavy (non-hydrogen) atoms. The topological polar surface area (TPSA) is 51.6 Å². The third-order valence-corrected chi connectivity index (χ3v) is 8.98. The van der Waals surface area contributed by atoms with Gasteiger partial charge >= 0.3 is 0 Å². The molecule has 0 bridgehead atoms. The molecular formula is C29H42N4O. The fourth-order valence-corrected chi connectivity index (χ4v) is 6.36. The van der Waals surface area contributed by atoms with E-state index in [1.807, 2.05) is 0 Å². The highest BCUT2D eigenvalue weighted by Crippen LogP contribution is 2.49. The molecule has 5 heteroatoms. The summed E-state index contributed by atoms with van der Waals surface area (Å²) in [5.41, 5.74) is 5.63. The Hall–Kier alpha value is -1.95. The molecule has 1 aromatic carbocycles. The van der Waals surface area contributed by atoms with Crippen LogP contribution in [-0.4, -0.2) is 66.4 Å². The van der Waals surface area contributed by atoms with Crippen LogP contribution in [0.4, 0.5) is 5.82 Å². The maximum atomic E-state index is 10.1. The van der Waals surface area contributed by atoms with Crippen LogP contribution in [0.15, 0.2) is 36.4 Å². The van der Waals surface area contributed by atoms with E-state index in [-0.39, 0.29) is 23.0 Å². The third kappa shape index (κ3) is 4.38. The summed E-state index contributed by atoms with van der Waals surface area (Å²) in [6.45, 7) is 17.8. The lowest BCUT2D eigenvalue weighted by Crippen LogP contribution is -2.51. The fraction of sp³-hybridized carbons (Fsp3) is 0.621. The number of rotatable bonds is 4. The number of hydrogen-bond donors (Lipinski definition) is 2. The first kappa shape index (κ1) is 23.8. The predicted molar refractivity (Wildman–Crippen MR) is 141 cm³/mol. The molecule has 2 fully saturated rings. The molecule has 3 aliphatic rings. The van der Waals surface area contributed by atoms with Crippen LogP contribution < -0.4 is 10.2 Å². The van der Waals surface area contributed by atoms with E-state index >= 15 is 0 Å². The van der Waals surface area contributed by atoms with Crippen molar-refractivity contribution in [3.8, 4) is 11.3 Å². The molecule has 5 rings (SSSR count). The van der Waals surface area contributed by atoms with Gasteiger partial charge in [-0.2, -0.15) is 0 Å². The Kier molecular flexibility index (Phi) is 6.24. The maximum absolute atomic E-state index is 10.1. The summed E-state index contributed by atoms with van der Waals surface area (Å²) >= 11 is 0. The van der Waals surface area contributed by atoms with E-state index in [1.54, 1.807) is 0 Å². The Morgan fingerprint density at radius 1 is 1.03 bits per heavy atom. The molecule has 2 aromatic rings. The number of aliphatic hydroxyl groups excluding tert-OH is 1. The van der Waals surface area contributed by atoms with Gasteiger partial charge in [0.15, 0.2) is 0 Å². The van der Waals surface area contributed by atoms with Crippen molar-refractivity contribution in [3.63, 3.8) is 0 Å². The summed E-state index contributed by atoms with van der Waals surface area (Å²) in [7, 11) is 0. The molecule has 5 nitrogen and oxygen atoms in total. The summed E-state index contributed by atoms with van der Waals surface area (Å²) in [6.07, 6.45) is 1.89. The molecule has 0 radical (unpaired) electrons. The number of aromatic nitrogens is 1. The predicted octanol–water partition coefficient (Wildman–Crippen LogP) is 4.19. The number of piperazine rings is 1. The van der Waals surface area contributed by atoms with Crippen LogP contribution in [0, 0.1) is 5.92 Å². The van der Waals surface area contributed by atoms with E-state index in [9.17, 15) is 5.11 Å². The first-order valence-electron chi connectivity index (χ1n) is 13.2. The minimum Gasteiger partial charge on any atom is -0.391 e. The van der Waals surface area contributed by atoms with Gasteiger partial charge in [-0.05, 0) is 65.5 Å². The monoisotopic (exact) mass is 462 g/mol. The van der Waals surface area contributed by atoms with Crippen LogP contribution in [0.2, 0.25) is 0 Å². The molecule has 0 saturated carbocycles. The molecule has 1 aliphatic carbocycles. The van der Waals surface area contributed by atoms with Gasteiger partial charge in [0, 0.05) is 44.3 Å². The summed E-state index contributed by atoms with van der Waals surface area (Å²) in [4.78, 5) is 10.00. The number of anilines is 1. The normalized spacial score (nSPS) is 28.6. The first-order chi connectivity index (χ1) is 16.1. The van der Waals surface area contributed by atoms with Gasteiger partial charge in [-0.15, -0.1) is 0 Å². The minimum absolute atomic E-state index is 0.163. The summed E-state index contributed by atoms with van der Waals surface area (Å²) < 4.78 is 0. The number of hydrogen-bond acceptors (Lipinski definition) is 5. The van der Waals surface area contributed by atoms with Crippen molar-refractivity contribution >= 4 is 5.82 Å². The van der Waals surface area contributed by atoms with E-state index in [0.717, 1.165) is 57.2 Å². The number of pyridine rings is 1. The van der Waals surface area contributed by atoms with Crippen LogP contribution in [-0.2, 0) is 10.8 Å². The fourth-order valence-electron chi connectivity index (χ4n) is 6.36. The Morgan fingerprint density at radius 2 is 1.79 bits per heavy atom. The number of nitrogens with zero attached hydrogens (tertiary/aromatic N) is 3. The smallest absolute Gasteiger partial charge is 0.129 e. The maximum Gasteiger partial charge on any atom is 0.129 e. The van der Waals surface area contributed by atoms with Crippen molar-refractivity contribution in [2.45, 2.75) is 70.4 Å². The Bertz CT molecular complexity index is 1020. The molecule has 2 saturated heterocycles. The van der Waals surface area contributed by atoms with Gasteiger partial charge in [0.1, 0.15) is 5.82 Å². The SMILES string of the molecule is CC1CC(C)(C)c2ccc(-c3cccc(N4CCN(C[C@H]5NCC[C@@H]5O)CC4)n3)cc2C1(C)C. The van der Waals surface area contributed by atoms with Crippen LogP contribution in [0.5, 0.6) is 0 Å². The van der Waals surface area contributed by atoms with Crippen LogP contribution in [0.1, 0.15) is 58.6 Å². The van der Waals surface area contributed by atoms with Crippen LogP contribution >= 0.6 is 0 Å². The molecule has 2 aliphatic heterocycles. The first-order valence-corrected chi connectivity index (χ1v) is 13.2. The van der Waals surface area contributed by atoms with Crippen molar-refractivity contribution in [1.82, 2.24) is 15.2 Å². The quantitative estimate of drug-likeness (QED) is 0.714. The molecule has 1 aromatic heterocycles. The number of aliphatic hydroxyl groups is 1. The minimum atomic E-state index is -0.202. The average Bonchev–Trinajstić information content (AvgIpc) is 3.22. The van der Waals surface area contributed by atoms with Crippen molar-refractivity contribution in [2.24, 2.45) is 5.92 Å². The molecule has 2 N–H and O–H groups in total. The second kappa shape index (κ2) is 8.92. The standard InChI is InChI=1S/C29H42N4O/c1-20-18-28(2,3)22-10-9-21(17-23(22)29(20,4)5)24-7-6-8-27(31-24)33-15-13-32(14-16-33)19-25-26(34)11-12-30-25/h6-10,17,20,25-26,30,34H,11-16,18-19H2,1-5H3/t20?,25-,26+/m1/s1. The number of fused-ring (bicyclic) bond motifs is 1. The summed E-state index contributed by atoms with van der Waals surface area (Å²) in [5, 5.41) is 13.6. The van der Waals surface area contributed by atoms with E-state index in [1.165, 1.54) is 23.1 Å². The lowest BCUT2D eigenvalue weighted by molar-refractivity contribution is 0.127.